The van der Waals surface area contributed by atoms with Crippen LogP contribution >= 0.6 is 0 Å². The Hall–Kier alpha value is -2.09. The number of aryl methyl sites for hydroxylation is 2. The quantitative estimate of drug-likeness (QED) is 0.559. The van der Waals surface area contributed by atoms with Gasteiger partial charge in [-0.3, -0.25) is 4.79 Å². The summed E-state index contributed by atoms with van der Waals surface area (Å²) in [6, 6.07) is 16.2. The molecule has 2 heteroatoms. The molecule has 2 aromatic carbocycles. The van der Waals surface area contributed by atoms with Crippen LogP contribution in [-0.4, -0.2) is 12.9 Å². The molecule has 0 radical (unpaired) electrons. The summed E-state index contributed by atoms with van der Waals surface area (Å²) in [5.74, 6) is 0.685. The molecule has 0 bridgehead atoms. The van der Waals surface area contributed by atoms with Gasteiger partial charge in [-0.15, -0.1) is 0 Å². The largest absolute Gasteiger partial charge is 0.493 e. The Bertz CT molecular complexity index is 547. The molecule has 0 atom stereocenters. The van der Waals surface area contributed by atoms with Gasteiger partial charge in [0.05, 0.1) is 12.2 Å². The highest BCUT2D eigenvalue weighted by Gasteiger charge is 2.04. The lowest BCUT2D eigenvalue weighted by Crippen LogP contribution is -2.02. The van der Waals surface area contributed by atoms with Crippen LogP contribution in [0.25, 0.3) is 0 Å². The molecule has 20 heavy (non-hydrogen) atoms. The first-order valence-corrected chi connectivity index (χ1v) is 7.08. The molecule has 0 aliphatic carbocycles. The highest BCUT2D eigenvalue weighted by Crippen LogP contribution is 2.19. The maximum atomic E-state index is 11.1. The molecular formula is C18H20O2. The van der Waals surface area contributed by atoms with E-state index in [0.717, 1.165) is 31.1 Å². The molecule has 0 aromatic heterocycles. The number of ether oxygens (including phenoxy) is 1. The van der Waals surface area contributed by atoms with Gasteiger partial charge in [-0.2, -0.15) is 0 Å². The molecule has 0 spiro atoms. The van der Waals surface area contributed by atoms with Crippen molar-refractivity contribution >= 4 is 6.29 Å². The molecule has 0 heterocycles. The van der Waals surface area contributed by atoms with Gasteiger partial charge in [0.15, 0.2) is 6.29 Å². The molecule has 0 aliphatic rings. The summed E-state index contributed by atoms with van der Waals surface area (Å²) >= 11 is 0. The van der Waals surface area contributed by atoms with E-state index in [1.54, 1.807) is 0 Å². The topological polar surface area (TPSA) is 26.3 Å². The third-order valence-corrected chi connectivity index (χ3v) is 3.32. The van der Waals surface area contributed by atoms with Crippen LogP contribution in [0.2, 0.25) is 0 Å². The fourth-order valence-corrected chi connectivity index (χ4v) is 2.14. The van der Waals surface area contributed by atoms with E-state index >= 15 is 0 Å². The predicted octanol–water partition coefficient (Wildman–Crippen LogP) is 4.07. The molecule has 0 saturated carbocycles. The lowest BCUT2D eigenvalue weighted by atomic mass is 10.1. The normalized spacial score (nSPS) is 10.2. The van der Waals surface area contributed by atoms with Gasteiger partial charge >= 0.3 is 0 Å². The molecule has 2 aromatic rings. The van der Waals surface area contributed by atoms with E-state index in [2.05, 4.69) is 19.1 Å². The maximum absolute atomic E-state index is 11.1. The second-order valence-corrected chi connectivity index (χ2v) is 4.78. The summed E-state index contributed by atoms with van der Waals surface area (Å²) in [6.45, 7) is 2.70. The van der Waals surface area contributed by atoms with Gasteiger partial charge in [0, 0.05) is 0 Å². The summed E-state index contributed by atoms with van der Waals surface area (Å²) in [6.07, 6.45) is 3.73. The Kier molecular flexibility index (Phi) is 5.36. The minimum atomic E-state index is 0.626. The number of hydrogen-bond acceptors (Lipinski definition) is 2. The van der Waals surface area contributed by atoms with Crippen molar-refractivity contribution in [3.8, 4) is 5.75 Å². The van der Waals surface area contributed by atoms with Crippen molar-refractivity contribution in [2.24, 2.45) is 0 Å². The zero-order valence-electron chi connectivity index (χ0n) is 11.8. The monoisotopic (exact) mass is 268 g/mol. The van der Waals surface area contributed by atoms with Crippen LogP contribution in [0, 0.1) is 0 Å². The van der Waals surface area contributed by atoms with E-state index in [0.29, 0.717) is 17.9 Å². The number of rotatable bonds is 7. The Morgan fingerprint density at radius 2 is 1.85 bits per heavy atom. The molecule has 2 rings (SSSR count). The van der Waals surface area contributed by atoms with Gasteiger partial charge in [0.25, 0.3) is 0 Å². The van der Waals surface area contributed by atoms with Crippen molar-refractivity contribution in [3.05, 3.63) is 65.2 Å². The summed E-state index contributed by atoms with van der Waals surface area (Å²) < 4.78 is 5.72. The average Bonchev–Trinajstić information content (AvgIpc) is 2.52. The average molecular weight is 268 g/mol. The Morgan fingerprint density at radius 3 is 2.55 bits per heavy atom. The van der Waals surface area contributed by atoms with Crippen LogP contribution in [0.4, 0.5) is 0 Å². The first-order chi connectivity index (χ1) is 9.83. The van der Waals surface area contributed by atoms with Gasteiger partial charge in [0.2, 0.25) is 0 Å². The number of hydrogen-bond donors (Lipinski definition) is 0. The van der Waals surface area contributed by atoms with Crippen molar-refractivity contribution < 1.29 is 9.53 Å². The lowest BCUT2D eigenvalue weighted by Gasteiger charge is -2.09. The van der Waals surface area contributed by atoms with Gasteiger partial charge < -0.3 is 4.74 Å². The van der Waals surface area contributed by atoms with Crippen LogP contribution in [0.5, 0.6) is 5.75 Å². The van der Waals surface area contributed by atoms with Crippen LogP contribution in [0.15, 0.2) is 48.5 Å². The van der Waals surface area contributed by atoms with E-state index in [-0.39, 0.29) is 0 Å². The third kappa shape index (κ3) is 3.95. The molecule has 0 aliphatic heterocycles. The van der Waals surface area contributed by atoms with Gasteiger partial charge in [0.1, 0.15) is 5.75 Å². The number of carbonyl (C=O) groups is 1. The molecule has 104 valence electrons. The van der Waals surface area contributed by atoms with Crippen molar-refractivity contribution in [2.45, 2.75) is 26.2 Å². The van der Waals surface area contributed by atoms with E-state index < -0.39 is 0 Å². The smallest absolute Gasteiger partial charge is 0.153 e. The van der Waals surface area contributed by atoms with Crippen LogP contribution in [-0.2, 0) is 12.8 Å². The van der Waals surface area contributed by atoms with Gasteiger partial charge in [-0.05, 0) is 42.5 Å². The Balaban J connectivity index is 1.86. The third-order valence-electron chi connectivity index (χ3n) is 3.32. The fourth-order valence-electron chi connectivity index (χ4n) is 2.14. The zero-order valence-corrected chi connectivity index (χ0v) is 11.8. The molecule has 2 nitrogen and oxygen atoms in total. The first kappa shape index (κ1) is 14.3. The van der Waals surface area contributed by atoms with E-state index in [1.807, 2.05) is 36.4 Å². The summed E-state index contributed by atoms with van der Waals surface area (Å²) in [5.41, 5.74) is 3.11. The predicted molar refractivity (Wildman–Crippen MR) is 81.5 cm³/mol. The van der Waals surface area contributed by atoms with Gasteiger partial charge in [-0.25, -0.2) is 0 Å². The molecular weight excluding hydrogens is 248 g/mol. The molecule has 0 unspecified atom stereocenters. The molecule has 0 fully saturated rings. The number of aldehydes is 1. The van der Waals surface area contributed by atoms with Crippen molar-refractivity contribution in [1.29, 1.82) is 0 Å². The van der Waals surface area contributed by atoms with Crippen LogP contribution in [0.1, 0.15) is 34.8 Å². The zero-order chi connectivity index (χ0) is 14.2. The van der Waals surface area contributed by atoms with Crippen molar-refractivity contribution in [3.63, 3.8) is 0 Å². The number of benzene rings is 2. The minimum absolute atomic E-state index is 0.626. The standard InChI is InChI=1S/C18H20O2/c1-2-15-10-11-18(17(13-15)14-19)20-12-6-9-16-7-4-3-5-8-16/h3-5,7-8,10-11,13-14H,2,6,9,12H2,1H3. The Labute approximate surface area is 120 Å². The van der Waals surface area contributed by atoms with E-state index in [9.17, 15) is 4.79 Å². The minimum Gasteiger partial charge on any atom is -0.493 e. The number of carbonyl (C=O) groups excluding carboxylic acids is 1. The van der Waals surface area contributed by atoms with Crippen LogP contribution < -0.4 is 4.74 Å². The van der Waals surface area contributed by atoms with E-state index in [4.69, 9.17) is 4.74 Å². The van der Waals surface area contributed by atoms with Crippen molar-refractivity contribution in [1.82, 2.24) is 0 Å². The fraction of sp³-hybridized carbons (Fsp3) is 0.278. The highest BCUT2D eigenvalue weighted by atomic mass is 16.5. The molecule has 0 N–H and O–H groups in total. The second kappa shape index (κ2) is 7.49. The summed E-state index contributed by atoms with van der Waals surface area (Å²) in [5, 5.41) is 0. The SMILES string of the molecule is CCc1ccc(OCCCc2ccccc2)c(C=O)c1. The first-order valence-electron chi connectivity index (χ1n) is 7.08. The van der Waals surface area contributed by atoms with Crippen molar-refractivity contribution in [2.75, 3.05) is 6.61 Å². The maximum Gasteiger partial charge on any atom is 0.153 e. The summed E-state index contributed by atoms with van der Waals surface area (Å²) in [4.78, 5) is 11.1. The lowest BCUT2D eigenvalue weighted by molar-refractivity contribution is 0.111. The van der Waals surface area contributed by atoms with Gasteiger partial charge in [-0.1, -0.05) is 43.3 Å². The van der Waals surface area contributed by atoms with E-state index in [1.165, 1.54) is 5.56 Å². The summed E-state index contributed by atoms with van der Waals surface area (Å²) in [7, 11) is 0. The van der Waals surface area contributed by atoms with Crippen LogP contribution in [0.3, 0.4) is 0 Å². The highest BCUT2D eigenvalue weighted by molar-refractivity contribution is 5.79. The molecule has 0 saturated heterocycles. The second-order valence-electron chi connectivity index (χ2n) is 4.78. The molecule has 0 amide bonds. The Morgan fingerprint density at radius 1 is 1.05 bits per heavy atom.